The molecule has 0 heterocycles. The van der Waals surface area contributed by atoms with Crippen LogP contribution in [0.4, 0.5) is 5.69 Å². The number of ether oxygens (including phenoxy) is 1. The van der Waals surface area contributed by atoms with Gasteiger partial charge in [0.05, 0.1) is 12.7 Å². The summed E-state index contributed by atoms with van der Waals surface area (Å²) in [5.74, 6) is 0.560. The Bertz CT molecular complexity index is 629. The highest BCUT2D eigenvalue weighted by Crippen LogP contribution is 2.24. The van der Waals surface area contributed by atoms with Gasteiger partial charge in [0.25, 0.3) is 5.91 Å². The van der Waals surface area contributed by atoms with Gasteiger partial charge in [0.15, 0.2) is 0 Å². The van der Waals surface area contributed by atoms with Crippen LogP contribution in [-0.2, 0) is 0 Å². The molecular weight excluding hydrogens is 262 g/mol. The lowest BCUT2D eigenvalue weighted by molar-refractivity contribution is 0.0985. The largest absolute Gasteiger partial charge is 0.496 e. The molecule has 0 saturated heterocycles. The second-order valence-corrected chi connectivity index (χ2v) is 5.10. The first-order valence-corrected chi connectivity index (χ1v) is 7.10. The van der Waals surface area contributed by atoms with Gasteiger partial charge in [0, 0.05) is 12.2 Å². The molecule has 0 aliphatic carbocycles. The smallest absolute Gasteiger partial charge is 0.262 e. The van der Waals surface area contributed by atoms with Crippen molar-refractivity contribution >= 4 is 11.6 Å². The van der Waals surface area contributed by atoms with Crippen molar-refractivity contribution in [2.75, 3.05) is 18.6 Å². The van der Waals surface area contributed by atoms with Crippen LogP contribution in [0.15, 0.2) is 42.5 Å². The van der Waals surface area contributed by atoms with Crippen molar-refractivity contribution in [2.45, 2.75) is 20.8 Å². The van der Waals surface area contributed by atoms with Crippen LogP contribution < -0.4 is 9.64 Å². The first kappa shape index (κ1) is 15.1. The van der Waals surface area contributed by atoms with Crippen LogP contribution in [0.1, 0.15) is 28.4 Å². The normalized spacial score (nSPS) is 10.3. The number of methoxy groups -OCH3 is 1. The maximum absolute atomic E-state index is 12.8. The van der Waals surface area contributed by atoms with Crippen molar-refractivity contribution in [3.05, 3.63) is 59.2 Å². The number of benzene rings is 2. The third-order valence-corrected chi connectivity index (χ3v) is 3.42. The molecule has 3 nitrogen and oxygen atoms in total. The van der Waals surface area contributed by atoms with E-state index in [1.165, 1.54) is 0 Å². The first-order valence-electron chi connectivity index (χ1n) is 7.10. The van der Waals surface area contributed by atoms with Crippen LogP contribution in [0, 0.1) is 13.8 Å². The summed E-state index contributed by atoms with van der Waals surface area (Å²) in [5.41, 5.74) is 3.81. The fraction of sp³-hybridized carbons (Fsp3) is 0.278. The van der Waals surface area contributed by atoms with Crippen molar-refractivity contribution in [3.8, 4) is 5.75 Å². The van der Waals surface area contributed by atoms with E-state index in [0.29, 0.717) is 17.9 Å². The lowest BCUT2D eigenvalue weighted by Crippen LogP contribution is -2.31. The van der Waals surface area contributed by atoms with Gasteiger partial charge in [-0.3, -0.25) is 4.79 Å². The predicted molar refractivity (Wildman–Crippen MR) is 86.3 cm³/mol. The van der Waals surface area contributed by atoms with Crippen LogP contribution in [0.2, 0.25) is 0 Å². The van der Waals surface area contributed by atoms with Gasteiger partial charge in [-0.2, -0.15) is 0 Å². The number of carbonyl (C=O) groups excluding carboxylic acids is 1. The number of hydrogen-bond acceptors (Lipinski definition) is 2. The Morgan fingerprint density at radius 1 is 1.10 bits per heavy atom. The molecule has 110 valence electrons. The van der Waals surface area contributed by atoms with Crippen LogP contribution in [-0.4, -0.2) is 19.6 Å². The van der Waals surface area contributed by atoms with E-state index in [0.717, 1.165) is 16.8 Å². The molecule has 0 N–H and O–H groups in total. The molecule has 0 atom stereocenters. The number of aryl methyl sites for hydroxylation is 2. The fourth-order valence-electron chi connectivity index (χ4n) is 2.52. The van der Waals surface area contributed by atoms with E-state index in [-0.39, 0.29) is 5.91 Å². The molecule has 0 unspecified atom stereocenters. The summed E-state index contributed by atoms with van der Waals surface area (Å²) in [7, 11) is 1.58. The maximum Gasteiger partial charge on any atom is 0.262 e. The molecule has 0 radical (unpaired) electrons. The molecule has 21 heavy (non-hydrogen) atoms. The monoisotopic (exact) mass is 283 g/mol. The van der Waals surface area contributed by atoms with Gasteiger partial charge in [0.1, 0.15) is 5.75 Å². The number of hydrogen-bond donors (Lipinski definition) is 0. The number of rotatable bonds is 4. The molecule has 2 aromatic rings. The Labute approximate surface area is 126 Å². The summed E-state index contributed by atoms with van der Waals surface area (Å²) in [6, 6.07) is 13.5. The fourth-order valence-corrected chi connectivity index (χ4v) is 2.52. The molecule has 0 saturated carbocycles. The van der Waals surface area contributed by atoms with E-state index < -0.39 is 0 Å². The minimum Gasteiger partial charge on any atom is -0.496 e. The lowest BCUT2D eigenvalue weighted by Gasteiger charge is -2.23. The van der Waals surface area contributed by atoms with E-state index in [1.54, 1.807) is 18.1 Å². The summed E-state index contributed by atoms with van der Waals surface area (Å²) in [5, 5.41) is 0. The van der Waals surface area contributed by atoms with Crippen molar-refractivity contribution < 1.29 is 9.53 Å². The van der Waals surface area contributed by atoms with Gasteiger partial charge in [-0.15, -0.1) is 0 Å². The molecular formula is C18H21NO2. The predicted octanol–water partition coefficient (Wildman–Crippen LogP) is 3.98. The third kappa shape index (κ3) is 3.24. The van der Waals surface area contributed by atoms with Gasteiger partial charge in [-0.25, -0.2) is 0 Å². The van der Waals surface area contributed by atoms with Crippen molar-refractivity contribution in [3.63, 3.8) is 0 Å². The molecule has 0 aliphatic rings. The molecule has 2 aromatic carbocycles. The Balaban J connectivity index is 2.43. The molecule has 3 heteroatoms. The Kier molecular flexibility index (Phi) is 4.63. The number of carbonyl (C=O) groups is 1. The summed E-state index contributed by atoms with van der Waals surface area (Å²) in [6.45, 7) is 6.67. The quantitative estimate of drug-likeness (QED) is 0.849. The average Bonchev–Trinajstić information content (AvgIpc) is 2.46. The molecule has 2 rings (SSSR count). The van der Waals surface area contributed by atoms with Crippen LogP contribution in [0.5, 0.6) is 5.75 Å². The Morgan fingerprint density at radius 2 is 1.71 bits per heavy atom. The first-order chi connectivity index (χ1) is 10.1. The van der Waals surface area contributed by atoms with E-state index in [9.17, 15) is 4.79 Å². The highest BCUT2D eigenvalue weighted by atomic mass is 16.5. The number of nitrogens with zero attached hydrogens (tertiary/aromatic N) is 1. The summed E-state index contributed by atoms with van der Waals surface area (Å²) < 4.78 is 5.30. The topological polar surface area (TPSA) is 29.5 Å². The lowest BCUT2D eigenvalue weighted by atomic mass is 10.1. The molecule has 0 aliphatic heterocycles. The second kappa shape index (κ2) is 6.44. The average molecular weight is 283 g/mol. The minimum atomic E-state index is -0.0417. The second-order valence-electron chi connectivity index (χ2n) is 5.10. The zero-order valence-corrected chi connectivity index (χ0v) is 13.0. The summed E-state index contributed by atoms with van der Waals surface area (Å²) in [4.78, 5) is 14.6. The van der Waals surface area contributed by atoms with Gasteiger partial charge >= 0.3 is 0 Å². The molecule has 0 aromatic heterocycles. The third-order valence-electron chi connectivity index (χ3n) is 3.42. The zero-order chi connectivity index (χ0) is 15.4. The van der Waals surface area contributed by atoms with E-state index in [2.05, 4.69) is 6.07 Å². The number of amides is 1. The van der Waals surface area contributed by atoms with Crippen LogP contribution >= 0.6 is 0 Å². The van der Waals surface area contributed by atoms with Crippen molar-refractivity contribution in [2.24, 2.45) is 0 Å². The zero-order valence-electron chi connectivity index (χ0n) is 13.0. The molecule has 1 amide bonds. The van der Waals surface area contributed by atoms with E-state index >= 15 is 0 Å². The highest BCUT2D eigenvalue weighted by molar-refractivity contribution is 6.07. The number of anilines is 1. The highest BCUT2D eigenvalue weighted by Gasteiger charge is 2.19. The minimum absolute atomic E-state index is 0.0417. The Morgan fingerprint density at radius 3 is 2.29 bits per heavy atom. The maximum atomic E-state index is 12.8. The summed E-state index contributed by atoms with van der Waals surface area (Å²) >= 11 is 0. The molecule has 0 spiro atoms. The van der Waals surface area contributed by atoms with Crippen molar-refractivity contribution in [1.82, 2.24) is 0 Å². The van der Waals surface area contributed by atoms with E-state index in [1.807, 2.05) is 51.1 Å². The van der Waals surface area contributed by atoms with Gasteiger partial charge in [-0.1, -0.05) is 18.2 Å². The summed E-state index contributed by atoms with van der Waals surface area (Å²) in [6.07, 6.45) is 0. The van der Waals surface area contributed by atoms with Crippen LogP contribution in [0.3, 0.4) is 0 Å². The molecule has 0 fully saturated rings. The van der Waals surface area contributed by atoms with Gasteiger partial charge in [0.2, 0.25) is 0 Å². The van der Waals surface area contributed by atoms with Crippen LogP contribution in [0.25, 0.3) is 0 Å². The molecule has 0 bridgehead atoms. The Hall–Kier alpha value is -2.29. The number of para-hydroxylation sites is 1. The van der Waals surface area contributed by atoms with E-state index in [4.69, 9.17) is 4.74 Å². The standard InChI is InChI=1S/C18H21NO2/c1-5-19(15-11-13(2)10-14(3)12-15)18(20)16-8-6-7-9-17(16)21-4/h6-12H,5H2,1-4H3. The SMILES string of the molecule is CCN(C(=O)c1ccccc1OC)c1cc(C)cc(C)c1. The van der Waals surface area contributed by atoms with Gasteiger partial charge in [-0.05, 0) is 56.2 Å². The van der Waals surface area contributed by atoms with Gasteiger partial charge < -0.3 is 9.64 Å². The van der Waals surface area contributed by atoms with Crippen molar-refractivity contribution in [1.29, 1.82) is 0 Å².